The van der Waals surface area contributed by atoms with Crippen LogP contribution in [-0.4, -0.2) is 26.3 Å². The van der Waals surface area contributed by atoms with Gasteiger partial charge in [-0.1, -0.05) is 59.8 Å². The third-order valence-electron chi connectivity index (χ3n) is 3.26. The van der Waals surface area contributed by atoms with Crippen molar-refractivity contribution in [1.29, 1.82) is 0 Å². The predicted octanol–water partition coefficient (Wildman–Crippen LogP) is 4.24. The highest BCUT2D eigenvalue weighted by Crippen LogP contribution is 2.24. The fraction of sp³-hybridized carbons (Fsp3) is 0.118. The topological polar surface area (TPSA) is 70.7 Å². The molecule has 122 valence electrons. The molecule has 5 nitrogen and oxygen atoms in total. The van der Waals surface area contributed by atoms with Gasteiger partial charge < -0.3 is 5.32 Å². The van der Waals surface area contributed by atoms with Gasteiger partial charge in [-0.2, -0.15) is 0 Å². The highest BCUT2D eigenvalue weighted by molar-refractivity contribution is 8.00. The number of carbonyl (C=O) groups excluding carboxylic acids is 1. The van der Waals surface area contributed by atoms with Crippen LogP contribution in [0.4, 0.5) is 5.69 Å². The van der Waals surface area contributed by atoms with Crippen LogP contribution in [0.15, 0.2) is 59.8 Å². The van der Waals surface area contributed by atoms with Crippen molar-refractivity contribution in [1.82, 2.24) is 15.2 Å². The molecule has 0 fully saturated rings. The van der Waals surface area contributed by atoms with Gasteiger partial charge in [0, 0.05) is 16.3 Å². The number of anilines is 1. The molecular weight excluding hydrogens is 344 g/mol. The molecule has 1 heterocycles. The van der Waals surface area contributed by atoms with Gasteiger partial charge in [-0.05, 0) is 25.1 Å². The molecule has 1 atom stereocenters. The number of thioether (sulfide) groups is 1. The first-order valence-corrected chi connectivity index (χ1v) is 8.58. The average Bonchev–Trinajstić information content (AvgIpc) is 3.04. The molecule has 3 aromatic rings. The number of hydrogen-bond donors (Lipinski definition) is 2. The summed E-state index contributed by atoms with van der Waals surface area (Å²) in [5, 5.41) is 10.6. The molecule has 1 aromatic heterocycles. The lowest BCUT2D eigenvalue weighted by Crippen LogP contribution is -2.22. The van der Waals surface area contributed by atoms with E-state index in [0.29, 0.717) is 21.7 Å². The summed E-state index contributed by atoms with van der Waals surface area (Å²) in [7, 11) is 0. The maximum absolute atomic E-state index is 12.3. The lowest BCUT2D eigenvalue weighted by molar-refractivity contribution is -0.115. The molecule has 24 heavy (non-hydrogen) atoms. The minimum absolute atomic E-state index is 0.131. The Morgan fingerprint density at radius 3 is 2.75 bits per heavy atom. The molecule has 0 saturated carbocycles. The maximum Gasteiger partial charge on any atom is 0.237 e. The van der Waals surface area contributed by atoms with Gasteiger partial charge >= 0.3 is 0 Å². The van der Waals surface area contributed by atoms with Crippen LogP contribution in [0.5, 0.6) is 0 Å². The van der Waals surface area contributed by atoms with E-state index in [1.165, 1.54) is 11.8 Å². The van der Waals surface area contributed by atoms with E-state index in [2.05, 4.69) is 20.5 Å². The smallest absolute Gasteiger partial charge is 0.237 e. The number of amides is 1. The lowest BCUT2D eigenvalue weighted by atomic mass is 10.2. The number of aromatic amines is 1. The van der Waals surface area contributed by atoms with Crippen LogP contribution in [0.25, 0.3) is 11.4 Å². The Morgan fingerprint density at radius 1 is 1.21 bits per heavy atom. The minimum Gasteiger partial charge on any atom is -0.325 e. The quantitative estimate of drug-likeness (QED) is 0.669. The fourth-order valence-electron chi connectivity index (χ4n) is 2.05. The first kappa shape index (κ1) is 16.5. The van der Waals surface area contributed by atoms with E-state index in [4.69, 9.17) is 11.6 Å². The molecule has 0 saturated heterocycles. The molecular formula is C17H15ClN4OS. The summed E-state index contributed by atoms with van der Waals surface area (Å²) in [5.74, 6) is 0.550. The zero-order chi connectivity index (χ0) is 16.9. The van der Waals surface area contributed by atoms with Crippen molar-refractivity contribution in [3.8, 4) is 11.4 Å². The van der Waals surface area contributed by atoms with Crippen molar-refractivity contribution >= 4 is 35.0 Å². The van der Waals surface area contributed by atoms with Gasteiger partial charge in [-0.15, -0.1) is 5.10 Å². The highest BCUT2D eigenvalue weighted by Gasteiger charge is 2.17. The molecule has 2 N–H and O–H groups in total. The van der Waals surface area contributed by atoms with E-state index >= 15 is 0 Å². The number of halogens is 1. The van der Waals surface area contributed by atoms with Gasteiger partial charge in [0.25, 0.3) is 0 Å². The van der Waals surface area contributed by atoms with E-state index in [1.54, 1.807) is 24.3 Å². The third kappa shape index (κ3) is 4.15. The number of rotatable bonds is 5. The Hall–Kier alpha value is -2.31. The number of nitrogens with zero attached hydrogens (tertiary/aromatic N) is 2. The summed E-state index contributed by atoms with van der Waals surface area (Å²) in [6, 6.07) is 16.8. The summed E-state index contributed by atoms with van der Waals surface area (Å²) in [6.07, 6.45) is 0. The Morgan fingerprint density at radius 2 is 2.00 bits per heavy atom. The van der Waals surface area contributed by atoms with Gasteiger partial charge in [0.05, 0.1) is 5.25 Å². The molecule has 0 aliphatic rings. The van der Waals surface area contributed by atoms with Crippen molar-refractivity contribution in [2.45, 2.75) is 17.3 Å². The van der Waals surface area contributed by atoms with Crippen LogP contribution in [0.1, 0.15) is 6.92 Å². The van der Waals surface area contributed by atoms with Crippen LogP contribution < -0.4 is 5.32 Å². The Labute approximate surface area is 148 Å². The molecule has 0 aliphatic carbocycles. The normalized spacial score (nSPS) is 11.9. The second-order valence-electron chi connectivity index (χ2n) is 5.09. The second kappa shape index (κ2) is 7.51. The van der Waals surface area contributed by atoms with E-state index in [1.807, 2.05) is 37.3 Å². The summed E-state index contributed by atoms with van der Waals surface area (Å²) < 4.78 is 0. The number of hydrogen-bond acceptors (Lipinski definition) is 4. The van der Waals surface area contributed by atoms with E-state index in [9.17, 15) is 4.79 Å². The monoisotopic (exact) mass is 358 g/mol. The third-order valence-corrected chi connectivity index (χ3v) is 4.45. The maximum atomic E-state index is 12.3. The zero-order valence-corrected chi connectivity index (χ0v) is 14.4. The molecule has 3 rings (SSSR count). The van der Waals surface area contributed by atoms with Crippen LogP contribution in [-0.2, 0) is 4.79 Å². The molecule has 1 unspecified atom stereocenters. The number of benzene rings is 2. The lowest BCUT2D eigenvalue weighted by Gasteiger charge is -2.10. The molecule has 1 amide bonds. The molecule has 7 heteroatoms. The van der Waals surface area contributed by atoms with Gasteiger partial charge in [-0.25, -0.2) is 4.98 Å². The largest absolute Gasteiger partial charge is 0.325 e. The fourth-order valence-corrected chi connectivity index (χ4v) is 2.96. The van der Waals surface area contributed by atoms with Crippen LogP contribution >= 0.6 is 23.4 Å². The molecule has 0 bridgehead atoms. The van der Waals surface area contributed by atoms with Crippen molar-refractivity contribution in [2.75, 3.05) is 5.32 Å². The van der Waals surface area contributed by atoms with Crippen molar-refractivity contribution in [2.24, 2.45) is 0 Å². The minimum atomic E-state index is -0.344. The predicted molar refractivity (Wildman–Crippen MR) is 97.2 cm³/mol. The zero-order valence-electron chi connectivity index (χ0n) is 12.9. The van der Waals surface area contributed by atoms with Gasteiger partial charge in [0.15, 0.2) is 5.82 Å². The first-order valence-electron chi connectivity index (χ1n) is 7.33. The second-order valence-corrected chi connectivity index (χ2v) is 6.84. The summed E-state index contributed by atoms with van der Waals surface area (Å²) in [6.45, 7) is 1.81. The Bertz CT molecular complexity index is 837. The molecule has 0 radical (unpaired) electrons. The van der Waals surface area contributed by atoms with Gasteiger partial charge in [0.1, 0.15) is 0 Å². The van der Waals surface area contributed by atoms with Crippen LogP contribution in [0.2, 0.25) is 5.02 Å². The van der Waals surface area contributed by atoms with E-state index in [-0.39, 0.29) is 11.2 Å². The van der Waals surface area contributed by atoms with E-state index < -0.39 is 0 Å². The molecule has 2 aromatic carbocycles. The van der Waals surface area contributed by atoms with Crippen molar-refractivity contribution < 1.29 is 4.79 Å². The number of carbonyl (C=O) groups is 1. The van der Waals surface area contributed by atoms with E-state index in [0.717, 1.165) is 5.56 Å². The average molecular weight is 359 g/mol. The van der Waals surface area contributed by atoms with Crippen LogP contribution in [0.3, 0.4) is 0 Å². The Balaban J connectivity index is 1.63. The standard InChI is InChI=1S/C17H15ClN4OS/c1-11(16(23)19-14-9-5-8-13(18)10-14)24-17-20-15(21-22-17)12-6-3-2-4-7-12/h2-11H,1H3,(H,19,23)(H,20,21,22). The van der Waals surface area contributed by atoms with Crippen LogP contribution in [0, 0.1) is 0 Å². The Kier molecular flexibility index (Phi) is 5.17. The van der Waals surface area contributed by atoms with Gasteiger partial charge in [0.2, 0.25) is 11.1 Å². The van der Waals surface area contributed by atoms with Crippen molar-refractivity contribution in [3.05, 3.63) is 59.6 Å². The molecule has 0 spiro atoms. The number of H-pyrrole nitrogens is 1. The highest BCUT2D eigenvalue weighted by atomic mass is 35.5. The number of nitrogens with one attached hydrogen (secondary N) is 2. The first-order chi connectivity index (χ1) is 11.6. The summed E-state index contributed by atoms with van der Waals surface area (Å²) in [5.41, 5.74) is 1.62. The number of aromatic nitrogens is 3. The van der Waals surface area contributed by atoms with Crippen molar-refractivity contribution in [3.63, 3.8) is 0 Å². The van der Waals surface area contributed by atoms with Gasteiger partial charge in [-0.3, -0.25) is 9.89 Å². The summed E-state index contributed by atoms with van der Waals surface area (Å²) in [4.78, 5) is 16.7. The molecule has 0 aliphatic heterocycles. The SMILES string of the molecule is CC(Sc1n[nH]c(-c2ccccc2)n1)C(=O)Nc1cccc(Cl)c1. The summed E-state index contributed by atoms with van der Waals surface area (Å²) >= 11 is 7.21.